The molecule has 0 fully saturated rings. The fraction of sp³-hybridized carbons (Fsp3) is 0.944. The second kappa shape index (κ2) is 17.6. The Hall–Kier alpha value is -0.770. The molecule has 0 saturated heterocycles. The SMILES string of the molecule is COCCOCCOCCOCCOCCOCCC(=O)OC(C)(C)C. The molecule has 156 valence electrons. The van der Waals surface area contributed by atoms with Crippen molar-refractivity contribution in [2.24, 2.45) is 0 Å². The van der Waals surface area contributed by atoms with Gasteiger partial charge in [-0.05, 0) is 20.8 Å². The quantitative estimate of drug-likeness (QED) is 0.261. The standard InChI is InChI=1S/C18H36O8/c1-18(2,3)26-17(19)5-6-21-9-10-23-13-14-25-16-15-24-12-11-22-8-7-20-4/h5-16H2,1-4H3. The third-order valence-electron chi connectivity index (χ3n) is 2.79. The molecule has 0 bridgehead atoms. The van der Waals surface area contributed by atoms with E-state index in [1.54, 1.807) is 7.11 Å². The third kappa shape index (κ3) is 21.3. The molecule has 0 aromatic rings. The number of hydrogen-bond donors (Lipinski definition) is 0. The monoisotopic (exact) mass is 380 g/mol. The normalized spacial score (nSPS) is 11.7. The topological polar surface area (TPSA) is 81.7 Å². The van der Waals surface area contributed by atoms with Gasteiger partial charge in [0, 0.05) is 7.11 Å². The van der Waals surface area contributed by atoms with Crippen molar-refractivity contribution in [2.45, 2.75) is 32.8 Å². The second-order valence-corrected chi connectivity index (χ2v) is 6.39. The van der Waals surface area contributed by atoms with E-state index < -0.39 is 5.60 Å². The Morgan fingerprint density at radius 3 is 1.31 bits per heavy atom. The molecule has 26 heavy (non-hydrogen) atoms. The lowest BCUT2D eigenvalue weighted by atomic mass is 10.2. The summed E-state index contributed by atoms with van der Waals surface area (Å²) >= 11 is 0. The summed E-state index contributed by atoms with van der Waals surface area (Å²) in [6.45, 7) is 11.1. The number of methoxy groups -OCH3 is 1. The largest absolute Gasteiger partial charge is 0.460 e. The van der Waals surface area contributed by atoms with Gasteiger partial charge in [-0.25, -0.2) is 0 Å². The molecule has 8 heteroatoms. The van der Waals surface area contributed by atoms with E-state index in [0.29, 0.717) is 72.7 Å². The van der Waals surface area contributed by atoms with Crippen molar-refractivity contribution < 1.29 is 38.0 Å². The van der Waals surface area contributed by atoms with E-state index in [2.05, 4.69) is 0 Å². The molecule has 0 atom stereocenters. The minimum Gasteiger partial charge on any atom is -0.460 e. The summed E-state index contributed by atoms with van der Waals surface area (Å²) in [6.07, 6.45) is 0.248. The van der Waals surface area contributed by atoms with Gasteiger partial charge in [0.05, 0.1) is 79.1 Å². The smallest absolute Gasteiger partial charge is 0.308 e. The van der Waals surface area contributed by atoms with Crippen molar-refractivity contribution in [3.8, 4) is 0 Å². The summed E-state index contributed by atoms with van der Waals surface area (Å²) in [6, 6.07) is 0. The van der Waals surface area contributed by atoms with Gasteiger partial charge in [0.25, 0.3) is 0 Å². The highest BCUT2D eigenvalue weighted by molar-refractivity contribution is 5.69. The minimum atomic E-state index is -0.455. The van der Waals surface area contributed by atoms with Gasteiger partial charge in [0.2, 0.25) is 0 Å². The van der Waals surface area contributed by atoms with E-state index >= 15 is 0 Å². The number of esters is 1. The average Bonchev–Trinajstić information content (AvgIpc) is 2.56. The Labute approximate surface area is 157 Å². The molecule has 0 aliphatic rings. The number of carbonyl (C=O) groups is 1. The van der Waals surface area contributed by atoms with Crippen molar-refractivity contribution in [2.75, 3.05) is 79.8 Å². The first kappa shape index (κ1) is 25.2. The molecular formula is C18H36O8. The van der Waals surface area contributed by atoms with Crippen LogP contribution in [0.3, 0.4) is 0 Å². The molecule has 8 nitrogen and oxygen atoms in total. The zero-order valence-electron chi connectivity index (χ0n) is 16.8. The first-order valence-corrected chi connectivity index (χ1v) is 9.05. The molecule has 0 radical (unpaired) electrons. The summed E-state index contributed by atoms with van der Waals surface area (Å²) in [5.74, 6) is -0.254. The van der Waals surface area contributed by atoms with Gasteiger partial charge in [-0.1, -0.05) is 0 Å². The predicted molar refractivity (Wildman–Crippen MR) is 96.4 cm³/mol. The van der Waals surface area contributed by atoms with Crippen LogP contribution in [0.5, 0.6) is 0 Å². The van der Waals surface area contributed by atoms with Crippen LogP contribution in [0.1, 0.15) is 27.2 Å². The van der Waals surface area contributed by atoms with Crippen LogP contribution < -0.4 is 0 Å². The Morgan fingerprint density at radius 1 is 0.615 bits per heavy atom. The highest BCUT2D eigenvalue weighted by Crippen LogP contribution is 2.07. The van der Waals surface area contributed by atoms with Gasteiger partial charge in [0.1, 0.15) is 5.60 Å². The van der Waals surface area contributed by atoms with Crippen LogP contribution in [-0.2, 0) is 38.0 Å². The van der Waals surface area contributed by atoms with Crippen molar-refractivity contribution in [1.82, 2.24) is 0 Å². The third-order valence-corrected chi connectivity index (χ3v) is 2.79. The molecule has 0 amide bonds. The molecule has 0 spiro atoms. The molecule has 0 rings (SSSR count). The maximum absolute atomic E-state index is 11.4. The number of carbonyl (C=O) groups excluding carboxylic acids is 1. The van der Waals surface area contributed by atoms with Crippen molar-refractivity contribution >= 4 is 5.97 Å². The first-order chi connectivity index (χ1) is 12.5. The van der Waals surface area contributed by atoms with Crippen LogP contribution in [0.25, 0.3) is 0 Å². The van der Waals surface area contributed by atoms with Crippen LogP contribution in [0.15, 0.2) is 0 Å². The zero-order chi connectivity index (χ0) is 19.5. The summed E-state index contributed by atoms with van der Waals surface area (Å²) in [5, 5.41) is 0. The highest BCUT2D eigenvalue weighted by atomic mass is 16.6. The van der Waals surface area contributed by atoms with Crippen LogP contribution in [-0.4, -0.2) is 91.4 Å². The van der Waals surface area contributed by atoms with Crippen molar-refractivity contribution in [1.29, 1.82) is 0 Å². The van der Waals surface area contributed by atoms with Gasteiger partial charge in [-0.15, -0.1) is 0 Å². The molecule has 0 aromatic carbocycles. The van der Waals surface area contributed by atoms with Gasteiger partial charge in [0.15, 0.2) is 0 Å². The Kier molecular flexibility index (Phi) is 17.1. The lowest BCUT2D eigenvalue weighted by Crippen LogP contribution is -2.24. The summed E-state index contributed by atoms with van der Waals surface area (Å²) in [7, 11) is 1.64. The molecule has 0 N–H and O–H groups in total. The average molecular weight is 380 g/mol. The summed E-state index contributed by atoms with van der Waals surface area (Å²) in [4.78, 5) is 11.4. The molecule has 0 aromatic heterocycles. The second-order valence-electron chi connectivity index (χ2n) is 6.39. The maximum atomic E-state index is 11.4. The molecule has 0 aliphatic heterocycles. The lowest BCUT2D eigenvalue weighted by molar-refractivity contribution is -0.156. The Bertz CT molecular complexity index is 317. The fourth-order valence-electron chi connectivity index (χ4n) is 1.67. The van der Waals surface area contributed by atoms with Crippen LogP contribution in [0.2, 0.25) is 0 Å². The fourth-order valence-corrected chi connectivity index (χ4v) is 1.67. The molecule has 0 heterocycles. The highest BCUT2D eigenvalue weighted by Gasteiger charge is 2.15. The van der Waals surface area contributed by atoms with Gasteiger partial charge in [-0.3, -0.25) is 4.79 Å². The van der Waals surface area contributed by atoms with E-state index in [0.717, 1.165) is 0 Å². The van der Waals surface area contributed by atoms with E-state index in [4.69, 9.17) is 33.2 Å². The summed E-state index contributed by atoms with van der Waals surface area (Å²) in [5.41, 5.74) is -0.455. The van der Waals surface area contributed by atoms with Gasteiger partial charge < -0.3 is 33.2 Å². The zero-order valence-corrected chi connectivity index (χ0v) is 16.8. The van der Waals surface area contributed by atoms with E-state index in [1.807, 2.05) is 20.8 Å². The van der Waals surface area contributed by atoms with E-state index in [1.165, 1.54) is 0 Å². The van der Waals surface area contributed by atoms with E-state index in [-0.39, 0.29) is 12.4 Å². The van der Waals surface area contributed by atoms with Crippen LogP contribution in [0.4, 0.5) is 0 Å². The molecule has 0 saturated carbocycles. The van der Waals surface area contributed by atoms with Crippen LogP contribution >= 0.6 is 0 Å². The Balaban J connectivity index is 3.12. The number of ether oxygens (including phenoxy) is 7. The van der Waals surface area contributed by atoms with Gasteiger partial charge >= 0.3 is 5.97 Å². The molecule has 0 unspecified atom stereocenters. The Morgan fingerprint density at radius 2 is 0.962 bits per heavy atom. The van der Waals surface area contributed by atoms with Crippen LogP contribution in [0, 0.1) is 0 Å². The summed E-state index contributed by atoms with van der Waals surface area (Å²) < 4.78 is 36.7. The maximum Gasteiger partial charge on any atom is 0.308 e. The number of hydrogen-bond acceptors (Lipinski definition) is 8. The predicted octanol–water partition coefficient (Wildman–Crippen LogP) is 1.45. The van der Waals surface area contributed by atoms with Gasteiger partial charge in [-0.2, -0.15) is 0 Å². The van der Waals surface area contributed by atoms with Crippen molar-refractivity contribution in [3.63, 3.8) is 0 Å². The lowest BCUT2D eigenvalue weighted by Gasteiger charge is -2.19. The number of rotatable bonds is 18. The molecular weight excluding hydrogens is 344 g/mol. The first-order valence-electron chi connectivity index (χ1n) is 9.05. The molecule has 0 aliphatic carbocycles. The van der Waals surface area contributed by atoms with E-state index in [9.17, 15) is 4.79 Å². The minimum absolute atomic E-state index is 0.248. The van der Waals surface area contributed by atoms with Crippen molar-refractivity contribution in [3.05, 3.63) is 0 Å².